The van der Waals surface area contributed by atoms with Crippen LogP contribution < -0.4 is 9.47 Å². The van der Waals surface area contributed by atoms with E-state index in [1.165, 1.54) is 6.07 Å². The van der Waals surface area contributed by atoms with E-state index in [-0.39, 0.29) is 11.9 Å². The maximum atomic E-state index is 14.8. The van der Waals surface area contributed by atoms with E-state index in [0.29, 0.717) is 48.7 Å². The second-order valence-electron chi connectivity index (χ2n) is 11.6. The second-order valence-corrected chi connectivity index (χ2v) is 11.6. The van der Waals surface area contributed by atoms with Crippen LogP contribution in [0.1, 0.15) is 87.5 Å². The zero-order valence-electron chi connectivity index (χ0n) is 28.6. The number of hydrogen-bond acceptors (Lipinski definition) is 6. The summed E-state index contributed by atoms with van der Waals surface area (Å²) in [6.45, 7) is 12.4. The van der Waals surface area contributed by atoms with Crippen LogP contribution >= 0.6 is 0 Å². The summed E-state index contributed by atoms with van der Waals surface area (Å²) in [6, 6.07) is 19.7. The highest BCUT2D eigenvalue weighted by Gasteiger charge is 2.04. The Morgan fingerprint density at radius 1 is 0.551 bits per heavy atom. The molecule has 0 fully saturated rings. The van der Waals surface area contributed by atoms with Crippen molar-refractivity contribution < 1.29 is 32.9 Å². The first-order valence-corrected chi connectivity index (χ1v) is 16.7. The van der Waals surface area contributed by atoms with Crippen LogP contribution in [0.3, 0.4) is 0 Å². The minimum absolute atomic E-state index is 0.299. The molecule has 3 aromatic rings. The van der Waals surface area contributed by atoms with Crippen LogP contribution in [0, 0.1) is 29.5 Å². The minimum atomic E-state index is -0.426. The fourth-order valence-corrected chi connectivity index (χ4v) is 4.32. The first kappa shape index (κ1) is 38.2. The van der Waals surface area contributed by atoms with Gasteiger partial charge in [-0.05, 0) is 132 Å². The van der Waals surface area contributed by atoms with Gasteiger partial charge in [-0.3, -0.25) is 0 Å². The third kappa shape index (κ3) is 15.5. The smallest absolute Gasteiger partial charge is 0.333 e. The van der Waals surface area contributed by atoms with Gasteiger partial charge in [0.05, 0.1) is 32.0 Å². The van der Waals surface area contributed by atoms with Crippen molar-refractivity contribution >= 4 is 11.9 Å². The molecule has 49 heavy (non-hydrogen) atoms. The van der Waals surface area contributed by atoms with Gasteiger partial charge in [0.15, 0.2) is 0 Å². The highest BCUT2D eigenvalue weighted by molar-refractivity contribution is 5.87. The summed E-state index contributed by atoms with van der Waals surface area (Å²) in [5.41, 5.74) is 3.25. The van der Waals surface area contributed by atoms with Crippen LogP contribution in [0.15, 0.2) is 91.0 Å². The van der Waals surface area contributed by atoms with Gasteiger partial charge in [-0.15, -0.1) is 0 Å². The lowest BCUT2D eigenvalue weighted by atomic mass is 10.1. The van der Waals surface area contributed by atoms with Crippen LogP contribution in [-0.2, 0) is 19.1 Å². The Morgan fingerprint density at radius 3 is 1.37 bits per heavy atom. The molecule has 0 amide bonds. The fourth-order valence-electron chi connectivity index (χ4n) is 4.32. The van der Waals surface area contributed by atoms with Gasteiger partial charge in [-0.1, -0.05) is 36.8 Å². The topological polar surface area (TPSA) is 71.1 Å². The lowest BCUT2D eigenvalue weighted by Crippen LogP contribution is -2.06. The lowest BCUT2D eigenvalue weighted by Gasteiger charge is -2.07. The number of rotatable bonds is 18. The molecule has 256 valence electrons. The monoisotopic (exact) mass is 664 g/mol. The number of carbonyl (C=O) groups excluding carboxylic acids is 2. The molecule has 0 N–H and O–H groups in total. The first-order chi connectivity index (χ1) is 23.7. The molecular weight excluding hydrogens is 619 g/mol. The van der Waals surface area contributed by atoms with Gasteiger partial charge in [0.2, 0.25) is 0 Å². The molecule has 0 spiro atoms. The number of hydrogen-bond donors (Lipinski definition) is 0. The molecule has 0 atom stereocenters. The Balaban J connectivity index is 1.35. The van der Waals surface area contributed by atoms with Crippen molar-refractivity contribution in [3.63, 3.8) is 0 Å². The quantitative estimate of drug-likeness (QED) is 0.0586. The molecule has 7 heteroatoms. The van der Waals surface area contributed by atoms with Crippen molar-refractivity contribution in [3.05, 3.63) is 119 Å². The number of carbonyl (C=O) groups is 2. The molecular formula is C42H45FO6. The van der Waals surface area contributed by atoms with E-state index in [0.717, 1.165) is 74.0 Å². The standard InChI is InChI=1S/C42H45FO6/c1-32(2)41(44)48-29-11-7-5-9-27-46-38-23-17-34(18-24-38)13-14-36-16-22-37(40(43)31-36)21-15-35-19-25-39(26-20-35)47-28-10-6-8-12-30-49-42(45)33(3)4/h16-20,22-26,31H,1,3,5-12,27-30H2,2,4H3. The van der Waals surface area contributed by atoms with Crippen LogP contribution in [-0.4, -0.2) is 38.4 Å². The van der Waals surface area contributed by atoms with Crippen LogP contribution in [0.5, 0.6) is 11.5 Å². The number of unbranched alkanes of at least 4 members (excludes halogenated alkanes) is 6. The summed E-state index contributed by atoms with van der Waals surface area (Å²) >= 11 is 0. The van der Waals surface area contributed by atoms with Crippen molar-refractivity contribution in [2.75, 3.05) is 26.4 Å². The van der Waals surface area contributed by atoms with Gasteiger partial charge in [-0.25, -0.2) is 14.0 Å². The van der Waals surface area contributed by atoms with E-state index < -0.39 is 5.82 Å². The van der Waals surface area contributed by atoms with Crippen molar-refractivity contribution in [1.82, 2.24) is 0 Å². The molecule has 0 aromatic heterocycles. The maximum absolute atomic E-state index is 14.8. The van der Waals surface area contributed by atoms with Gasteiger partial charge in [0, 0.05) is 27.8 Å². The SMILES string of the molecule is C=C(C)C(=O)OCCCCCCOc1ccc(C#Cc2ccc(C#Cc3ccc(OCCCCCCOC(=O)C(=C)C)cc3)c(F)c2)cc1. The van der Waals surface area contributed by atoms with Crippen LogP contribution in [0.25, 0.3) is 0 Å². The number of halogens is 1. The second kappa shape index (κ2) is 21.6. The maximum Gasteiger partial charge on any atom is 0.333 e. The number of benzene rings is 3. The Kier molecular flexibility index (Phi) is 16.8. The number of esters is 2. The third-order valence-electron chi connectivity index (χ3n) is 7.15. The van der Waals surface area contributed by atoms with Gasteiger partial charge < -0.3 is 18.9 Å². The first-order valence-electron chi connectivity index (χ1n) is 16.7. The highest BCUT2D eigenvalue weighted by atomic mass is 19.1. The highest BCUT2D eigenvalue weighted by Crippen LogP contribution is 2.15. The van der Waals surface area contributed by atoms with Gasteiger partial charge in [0.25, 0.3) is 0 Å². The summed E-state index contributed by atoms with van der Waals surface area (Å²) in [7, 11) is 0. The normalized spacial score (nSPS) is 10.1. The summed E-state index contributed by atoms with van der Waals surface area (Å²) in [5.74, 6) is 12.4. The molecule has 3 aromatic carbocycles. The Labute approximate surface area is 290 Å². The molecule has 0 saturated carbocycles. The van der Waals surface area contributed by atoms with Crippen molar-refractivity contribution in [2.24, 2.45) is 0 Å². The molecule has 0 saturated heterocycles. The Hall–Kier alpha value is -5.27. The molecule has 0 aliphatic carbocycles. The molecule has 3 rings (SSSR count). The van der Waals surface area contributed by atoms with E-state index in [4.69, 9.17) is 18.9 Å². The van der Waals surface area contributed by atoms with E-state index in [2.05, 4.69) is 36.8 Å². The predicted molar refractivity (Wildman–Crippen MR) is 191 cm³/mol. The van der Waals surface area contributed by atoms with E-state index >= 15 is 0 Å². The van der Waals surface area contributed by atoms with Crippen molar-refractivity contribution in [2.45, 2.75) is 65.2 Å². The summed E-state index contributed by atoms with van der Waals surface area (Å²) < 4.78 is 36.6. The molecule has 6 nitrogen and oxygen atoms in total. The summed E-state index contributed by atoms with van der Waals surface area (Å²) in [6.07, 6.45) is 7.33. The summed E-state index contributed by atoms with van der Waals surface area (Å²) in [4.78, 5) is 22.7. The van der Waals surface area contributed by atoms with E-state index in [1.807, 2.05) is 48.5 Å². The Bertz CT molecular complexity index is 1670. The van der Waals surface area contributed by atoms with E-state index in [9.17, 15) is 14.0 Å². The third-order valence-corrected chi connectivity index (χ3v) is 7.15. The molecule has 0 radical (unpaired) electrons. The minimum Gasteiger partial charge on any atom is -0.494 e. The lowest BCUT2D eigenvalue weighted by molar-refractivity contribution is -0.139. The molecule has 0 aliphatic heterocycles. The predicted octanol–water partition coefficient (Wildman–Crippen LogP) is 8.74. The molecule has 0 unspecified atom stereocenters. The molecule has 0 heterocycles. The van der Waals surface area contributed by atoms with Crippen LogP contribution in [0.2, 0.25) is 0 Å². The average Bonchev–Trinajstić information content (AvgIpc) is 3.09. The zero-order chi connectivity index (χ0) is 35.3. The molecule has 0 aliphatic rings. The van der Waals surface area contributed by atoms with E-state index in [1.54, 1.807) is 26.0 Å². The zero-order valence-corrected chi connectivity index (χ0v) is 28.6. The largest absolute Gasteiger partial charge is 0.494 e. The Morgan fingerprint density at radius 2 is 0.939 bits per heavy atom. The number of ether oxygens (including phenoxy) is 4. The van der Waals surface area contributed by atoms with Crippen molar-refractivity contribution in [1.29, 1.82) is 0 Å². The summed E-state index contributed by atoms with van der Waals surface area (Å²) in [5, 5.41) is 0. The fraction of sp³-hybridized carbons (Fsp3) is 0.333. The molecule has 0 bridgehead atoms. The van der Waals surface area contributed by atoms with Gasteiger partial charge in [-0.2, -0.15) is 0 Å². The van der Waals surface area contributed by atoms with Gasteiger partial charge in [0.1, 0.15) is 17.3 Å². The average molecular weight is 665 g/mol. The van der Waals surface area contributed by atoms with Crippen LogP contribution in [0.4, 0.5) is 4.39 Å². The van der Waals surface area contributed by atoms with Gasteiger partial charge >= 0.3 is 11.9 Å². The van der Waals surface area contributed by atoms with Crippen molar-refractivity contribution in [3.8, 4) is 35.2 Å².